The minimum absolute atomic E-state index is 0.0312. The predicted octanol–water partition coefficient (Wildman–Crippen LogP) is 0.973. The van der Waals surface area contributed by atoms with E-state index >= 15 is 0 Å². The molecule has 1 unspecified atom stereocenters. The quantitative estimate of drug-likeness (QED) is 0.353. The number of anilines is 2. The highest BCUT2D eigenvalue weighted by atomic mass is 16.5. The van der Waals surface area contributed by atoms with Crippen LogP contribution >= 0.6 is 0 Å². The van der Waals surface area contributed by atoms with E-state index in [-0.39, 0.29) is 36.4 Å². The molecule has 11 nitrogen and oxygen atoms in total. The predicted molar refractivity (Wildman–Crippen MR) is 103 cm³/mol. The van der Waals surface area contributed by atoms with Gasteiger partial charge in [0.05, 0.1) is 19.8 Å². The zero-order valence-electron chi connectivity index (χ0n) is 15.8. The zero-order valence-corrected chi connectivity index (χ0v) is 15.8. The summed E-state index contributed by atoms with van der Waals surface area (Å²) in [6, 6.07) is 2.56. The van der Waals surface area contributed by atoms with Crippen molar-refractivity contribution in [1.29, 1.82) is 0 Å². The van der Waals surface area contributed by atoms with Crippen molar-refractivity contribution < 1.29 is 20.1 Å². The van der Waals surface area contributed by atoms with Crippen molar-refractivity contribution in [2.45, 2.75) is 25.9 Å². The molecule has 2 heterocycles. The standard InChI is InChI=1S/C17H23N7O4/c1-4-10(8-25)19-17-20-15(14-16(21-17)24(2)23-22-14)18-7-9-5-12(27)13(28-3)6-11(9)26/h5-6,10,25-27H,4,7-8H2,1-3H3,(H2,18,19,20,21). The molecule has 0 bridgehead atoms. The summed E-state index contributed by atoms with van der Waals surface area (Å²) >= 11 is 0. The lowest BCUT2D eigenvalue weighted by atomic mass is 10.1. The minimum Gasteiger partial charge on any atom is -0.507 e. The van der Waals surface area contributed by atoms with Crippen LogP contribution in [0.25, 0.3) is 11.2 Å². The van der Waals surface area contributed by atoms with Crippen molar-refractivity contribution in [3.8, 4) is 17.2 Å². The van der Waals surface area contributed by atoms with Gasteiger partial charge in [0.15, 0.2) is 28.5 Å². The Hall–Kier alpha value is -3.34. The van der Waals surface area contributed by atoms with Gasteiger partial charge in [-0.05, 0) is 12.5 Å². The Morgan fingerprint density at radius 2 is 2.00 bits per heavy atom. The van der Waals surface area contributed by atoms with E-state index in [4.69, 9.17) is 4.74 Å². The highest BCUT2D eigenvalue weighted by molar-refractivity contribution is 5.83. The van der Waals surface area contributed by atoms with Crippen LogP contribution in [-0.4, -0.2) is 60.0 Å². The van der Waals surface area contributed by atoms with Gasteiger partial charge in [0.2, 0.25) is 5.95 Å². The molecule has 0 saturated heterocycles. The normalized spacial score (nSPS) is 12.1. The second-order valence-corrected chi connectivity index (χ2v) is 6.22. The third kappa shape index (κ3) is 3.83. The molecule has 0 radical (unpaired) electrons. The first-order valence-corrected chi connectivity index (χ1v) is 8.74. The number of hydrogen-bond acceptors (Lipinski definition) is 10. The molecule has 1 aromatic carbocycles. The number of aromatic nitrogens is 5. The largest absolute Gasteiger partial charge is 0.507 e. The first-order valence-electron chi connectivity index (χ1n) is 8.74. The van der Waals surface area contributed by atoms with Gasteiger partial charge in [-0.15, -0.1) is 5.10 Å². The average molecular weight is 389 g/mol. The van der Waals surface area contributed by atoms with E-state index in [0.717, 1.165) is 0 Å². The van der Waals surface area contributed by atoms with Crippen LogP contribution < -0.4 is 15.4 Å². The topological polar surface area (TPSA) is 150 Å². The summed E-state index contributed by atoms with van der Waals surface area (Å²) in [7, 11) is 3.12. The number of benzene rings is 1. The van der Waals surface area contributed by atoms with Gasteiger partial charge in [-0.2, -0.15) is 9.97 Å². The number of methoxy groups -OCH3 is 1. The highest BCUT2D eigenvalue weighted by Crippen LogP contribution is 2.33. The Balaban J connectivity index is 1.91. The molecule has 0 fully saturated rings. The van der Waals surface area contributed by atoms with Gasteiger partial charge in [-0.3, -0.25) is 0 Å². The van der Waals surface area contributed by atoms with Crippen LogP contribution in [0.4, 0.5) is 11.8 Å². The summed E-state index contributed by atoms with van der Waals surface area (Å²) in [5, 5.41) is 43.7. The number of nitrogens with zero attached hydrogens (tertiary/aromatic N) is 5. The maximum absolute atomic E-state index is 10.1. The van der Waals surface area contributed by atoms with E-state index in [1.165, 1.54) is 23.9 Å². The molecule has 3 rings (SSSR count). The van der Waals surface area contributed by atoms with Crippen LogP contribution in [0.3, 0.4) is 0 Å². The first-order chi connectivity index (χ1) is 13.5. The number of aliphatic hydroxyl groups is 1. The summed E-state index contributed by atoms with van der Waals surface area (Å²) < 4.78 is 6.49. The van der Waals surface area contributed by atoms with Gasteiger partial charge >= 0.3 is 0 Å². The number of aromatic hydroxyl groups is 2. The van der Waals surface area contributed by atoms with Crippen molar-refractivity contribution >= 4 is 22.9 Å². The Morgan fingerprint density at radius 3 is 2.68 bits per heavy atom. The summed E-state index contributed by atoms with van der Waals surface area (Å²) in [6.45, 7) is 2.06. The van der Waals surface area contributed by atoms with E-state index in [9.17, 15) is 15.3 Å². The van der Waals surface area contributed by atoms with E-state index in [2.05, 4.69) is 30.9 Å². The van der Waals surface area contributed by atoms with Crippen molar-refractivity contribution in [2.24, 2.45) is 7.05 Å². The number of hydrogen-bond donors (Lipinski definition) is 5. The van der Waals surface area contributed by atoms with Crippen molar-refractivity contribution in [3.05, 3.63) is 17.7 Å². The maximum atomic E-state index is 10.1. The average Bonchev–Trinajstić information content (AvgIpc) is 3.07. The van der Waals surface area contributed by atoms with E-state index in [1.807, 2.05) is 6.92 Å². The molecule has 0 spiro atoms. The number of phenols is 2. The Morgan fingerprint density at radius 1 is 1.21 bits per heavy atom. The molecule has 1 atom stereocenters. The van der Waals surface area contributed by atoms with Crippen LogP contribution in [0.15, 0.2) is 12.1 Å². The van der Waals surface area contributed by atoms with Crippen LogP contribution in [0.1, 0.15) is 18.9 Å². The monoisotopic (exact) mass is 389 g/mol. The lowest BCUT2D eigenvalue weighted by molar-refractivity contribution is 0.271. The second kappa shape index (κ2) is 8.13. The van der Waals surface area contributed by atoms with Crippen molar-refractivity contribution in [2.75, 3.05) is 24.4 Å². The fourth-order valence-corrected chi connectivity index (χ4v) is 2.65. The number of fused-ring (bicyclic) bond motifs is 1. The van der Waals surface area contributed by atoms with Crippen LogP contribution in [0.5, 0.6) is 17.2 Å². The van der Waals surface area contributed by atoms with Crippen LogP contribution in [0, 0.1) is 0 Å². The summed E-state index contributed by atoms with van der Waals surface area (Å²) in [5.74, 6) is 0.795. The molecule has 0 aliphatic carbocycles. The second-order valence-electron chi connectivity index (χ2n) is 6.22. The molecule has 0 amide bonds. The number of nitrogens with one attached hydrogen (secondary N) is 2. The third-order valence-corrected chi connectivity index (χ3v) is 4.32. The summed E-state index contributed by atoms with van der Waals surface area (Å²) in [5.41, 5.74) is 1.42. The van der Waals surface area contributed by atoms with Crippen molar-refractivity contribution in [1.82, 2.24) is 25.0 Å². The van der Waals surface area contributed by atoms with Gasteiger partial charge in [0, 0.05) is 25.2 Å². The highest BCUT2D eigenvalue weighted by Gasteiger charge is 2.16. The van der Waals surface area contributed by atoms with Gasteiger partial charge in [0.1, 0.15) is 5.75 Å². The lowest BCUT2D eigenvalue weighted by Crippen LogP contribution is -2.24. The van der Waals surface area contributed by atoms with Crippen LogP contribution in [-0.2, 0) is 13.6 Å². The van der Waals surface area contributed by atoms with Gasteiger partial charge in [-0.25, -0.2) is 4.68 Å². The van der Waals surface area contributed by atoms with Crippen molar-refractivity contribution in [3.63, 3.8) is 0 Å². The lowest BCUT2D eigenvalue weighted by Gasteiger charge is -2.15. The van der Waals surface area contributed by atoms with Gasteiger partial charge in [-0.1, -0.05) is 12.1 Å². The smallest absolute Gasteiger partial charge is 0.227 e. The van der Waals surface area contributed by atoms with E-state index in [1.54, 1.807) is 7.05 Å². The molecule has 28 heavy (non-hydrogen) atoms. The SMILES string of the molecule is CCC(CO)Nc1nc(NCc2cc(O)c(OC)cc2O)c2nnn(C)c2n1. The number of aryl methyl sites for hydroxylation is 1. The fraction of sp³-hybridized carbons (Fsp3) is 0.412. The van der Waals surface area contributed by atoms with E-state index < -0.39 is 0 Å². The number of phenolic OH excluding ortho intramolecular Hbond substituents is 2. The maximum Gasteiger partial charge on any atom is 0.227 e. The molecule has 5 N–H and O–H groups in total. The number of aliphatic hydroxyl groups excluding tert-OH is 1. The molecule has 11 heteroatoms. The van der Waals surface area contributed by atoms with Gasteiger partial charge in [0.25, 0.3) is 0 Å². The first kappa shape index (κ1) is 19.4. The van der Waals surface area contributed by atoms with Crippen LogP contribution in [0.2, 0.25) is 0 Å². The third-order valence-electron chi connectivity index (χ3n) is 4.32. The Labute approximate surface area is 161 Å². The molecule has 2 aromatic heterocycles. The Bertz CT molecular complexity index is 972. The molecular weight excluding hydrogens is 366 g/mol. The minimum atomic E-state index is -0.186. The zero-order chi connectivity index (χ0) is 20.3. The number of ether oxygens (including phenoxy) is 1. The Kier molecular flexibility index (Phi) is 5.64. The summed E-state index contributed by atoms with van der Waals surface area (Å²) in [6.07, 6.45) is 0.698. The van der Waals surface area contributed by atoms with E-state index in [0.29, 0.717) is 34.9 Å². The molecule has 3 aromatic rings. The molecule has 150 valence electrons. The molecule has 0 aliphatic rings. The van der Waals surface area contributed by atoms with Gasteiger partial charge < -0.3 is 30.7 Å². The number of rotatable bonds is 8. The fourth-order valence-electron chi connectivity index (χ4n) is 2.65. The molecule has 0 saturated carbocycles. The summed E-state index contributed by atoms with van der Waals surface area (Å²) in [4.78, 5) is 8.82. The molecular formula is C17H23N7O4. The molecule has 0 aliphatic heterocycles.